The van der Waals surface area contributed by atoms with Gasteiger partial charge in [0.2, 0.25) is 5.91 Å². The number of thiocarbonyl (C=S) groups is 1. The van der Waals surface area contributed by atoms with Crippen LogP contribution in [0.15, 0.2) is 72.8 Å². The van der Waals surface area contributed by atoms with Gasteiger partial charge in [0.05, 0.1) is 37.0 Å². The second-order valence-corrected chi connectivity index (χ2v) is 9.41. The molecule has 1 aliphatic heterocycles. The fraction of sp³-hybridized carbons (Fsp3) is 0.241. The van der Waals surface area contributed by atoms with Gasteiger partial charge in [-0.1, -0.05) is 18.2 Å². The lowest BCUT2D eigenvalue weighted by molar-refractivity contribution is -0.137. The second kappa shape index (κ2) is 12.4. The number of hydrogen-bond donors (Lipinski definition) is 1. The molecular formula is C29H26F3N3O5S. The summed E-state index contributed by atoms with van der Waals surface area (Å²) < 4.78 is 50.3. The number of methoxy groups -OCH3 is 1. The number of rotatable bonds is 9. The molecule has 1 atom stereocenters. The van der Waals surface area contributed by atoms with Crippen LogP contribution in [0.4, 0.5) is 24.5 Å². The molecule has 3 aromatic carbocycles. The number of anilines is 2. The molecule has 2 amide bonds. The van der Waals surface area contributed by atoms with Crippen LogP contribution in [-0.4, -0.2) is 47.6 Å². The Bertz CT molecular complexity index is 1450. The summed E-state index contributed by atoms with van der Waals surface area (Å²) >= 11 is 5.57. The van der Waals surface area contributed by atoms with Gasteiger partial charge < -0.3 is 19.7 Å². The molecule has 1 fully saturated rings. The van der Waals surface area contributed by atoms with Gasteiger partial charge in [0.15, 0.2) is 5.11 Å². The van der Waals surface area contributed by atoms with E-state index in [1.165, 1.54) is 48.4 Å². The normalized spacial score (nSPS) is 15.2. The lowest BCUT2D eigenvalue weighted by atomic mass is 10.1. The topological polar surface area (TPSA) is 88.2 Å². The van der Waals surface area contributed by atoms with Gasteiger partial charge in [0, 0.05) is 12.2 Å². The molecule has 0 radical (unpaired) electrons. The second-order valence-electron chi connectivity index (χ2n) is 9.05. The minimum Gasteiger partial charge on any atom is -0.497 e. The highest BCUT2D eigenvalue weighted by atomic mass is 32.1. The van der Waals surface area contributed by atoms with Crippen LogP contribution >= 0.6 is 12.2 Å². The van der Waals surface area contributed by atoms with Crippen LogP contribution < -0.4 is 15.0 Å². The molecule has 0 saturated carbocycles. The first-order chi connectivity index (χ1) is 19.5. The van der Waals surface area contributed by atoms with Crippen molar-refractivity contribution in [2.45, 2.75) is 32.1 Å². The van der Waals surface area contributed by atoms with Crippen molar-refractivity contribution in [2.75, 3.05) is 23.9 Å². The van der Waals surface area contributed by atoms with Gasteiger partial charge in [-0.3, -0.25) is 14.5 Å². The van der Waals surface area contributed by atoms with E-state index in [0.29, 0.717) is 17.0 Å². The average molecular weight is 586 g/mol. The number of halogens is 3. The minimum atomic E-state index is -4.62. The summed E-state index contributed by atoms with van der Waals surface area (Å²) in [5.41, 5.74) is 0.453. The van der Waals surface area contributed by atoms with E-state index >= 15 is 0 Å². The maximum absolute atomic E-state index is 13.6. The molecule has 1 N–H and O–H groups in total. The van der Waals surface area contributed by atoms with E-state index in [9.17, 15) is 27.6 Å². The molecule has 3 aromatic rings. The van der Waals surface area contributed by atoms with Gasteiger partial charge in [-0.15, -0.1) is 0 Å². The van der Waals surface area contributed by atoms with Crippen molar-refractivity contribution in [3.63, 3.8) is 0 Å². The highest BCUT2D eigenvalue weighted by molar-refractivity contribution is 7.80. The first-order valence-electron chi connectivity index (χ1n) is 12.5. The maximum atomic E-state index is 13.6. The lowest BCUT2D eigenvalue weighted by Gasteiger charge is -2.24. The molecule has 0 aromatic heterocycles. The average Bonchev–Trinajstić information content (AvgIpc) is 3.17. The van der Waals surface area contributed by atoms with Crippen LogP contribution in [-0.2, 0) is 27.0 Å². The molecule has 0 bridgehead atoms. The van der Waals surface area contributed by atoms with Gasteiger partial charge in [0.1, 0.15) is 11.8 Å². The number of nitrogens with one attached hydrogen (secondary N) is 1. The largest absolute Gasteiger partial charge is 0.497 e. The van der Waals surface area contributed by atoms with Crippen molar-refractivity contribution >= 4 is 46.5 Å². The van der Waals surface area contributed by atoms with Crippen molar-refractivity contribution in [3.8, 4) is 5.75 Å². The summed E-state index contributed by atoms with van der Waals surface area (Å²) in [7, 11) is 1.52. The van der Waals surface area contributed by atoms with Crippen LogP contribution in [0.2, 0.25) is 0 Å². The predicted molar refractivity (Wildman–Crippen MR) is 149 cm³/mol. The zero-order valence-corrected chi connectivity index (χ0v) is 22.9. The summed E-state index contributed by atoms with van der Waals surface area (Å²) in [6, 6.07) is 16.2. The van der Waals surface area contributed by atoms with Gasteiger partial charge in [-0.25, -0.2) is 4.79 Å². The third kappa shape index (κ3) is 6.83. The molecule has 12 heteroatoms. The van der Waals surface area contributed by atoms with Crippen LogP contribution in [0, 0.1) is 0 Å². The van der Waals surface area contributed by atoms with Crippen molar-refractivity contribution < 1.29 is 37.0 Å². The Morgan fingerprint density at radius 1 is 1.02 bits per heavy atom. The molecule has 0 spiro atoms. The zero-order valence-electron chi connectivity index (χ0n) is 22.1. The Hall–Kier alpha value is -4.45. The smallest absolute Gasteiger partial charge is 0.416 e. The fourth-order valence-electron chi connectivity index (χ4n) is 4.29. The number of carbonyl (C=O) groups is 3. The molecule has 1 aliphatic rings. The van der Waals surface area contributed by atoms with Crippen LogP contribution in [0.3, 0.4) is 0 Å². The summed E-state index contributed by atoms with van der Waals surface area (Å²) in [5.74, 6) is -1.04. The molecule has 0 aliphatic carbocycles. The Morgan fingerprint density at radius 2 is 1.71 bits per heavy atom. The van der Waals surface area contributed by atoms with Gasteiger partial charge >= 0.3 is 12.1 Å². The lowest BCUT2D eigenvalue weighted by Crippen LogP contribution is -2.37. The Labute approximate surface area is 239 Å². The van der Waals surface area contributed by atoms with E-state index in [1.807, 2.05) is 0 Å². The Kier molecular flexibility index (Phi) is 8.92. The molecule has 41 heavy (non-hydrogen) atoms. The third-order valence-electron chi connectivity index (χ3n) is 6.32. The minimum absolute atomic E-state index is 0.0262. The van der Waals surface area contributed by atoms with Crippen LogP contribution in [0.25, 0.3) is 0 Å². The number of nitrogens with zero attached hydrogens (tertiary/aromatic N) is 2. The molecule has 1 unspecified atom stereocenters. The van der Waals surface area contributed by atoms with Gasteiger partial charge in [-0.2, -0.15) is 13.2 Å². The predicted octanol–water partition coefficient (Wildman–Crippen LogP) is 5.42. The van der Waals surface area contributed by atoms with Crippen LogP contribution in [0.5, 0.6) is 5.75 Å². The Morgan fingerprint density at radius 3 is 2.32 bits per heavy atom. The van der Waals surface area contributed by atoms with E-state index in [1.54, 1.807) is 31.2 Å². The first-order valence-corrected chi connectivity index (χ1v) is 12.9. The number of alkyl halides is 3. The van der Waals surface area contributed by atoms with Crippen molar-refractivity contribution in [1.82, 2.24) is 4.90 Å². The summed E-state index contributed by atoms with van der Waals surface area (Å²) in [6.45, 7) is 2.03. The molecule has 1 heterocycles. The molecule has 8 nitrogen and oxygen atoms in total. The Balaban J connectivity index is 1.58. The highest BCUT2D eigenvalue weighted by Gasteiger charge is 2.44. The van der Waals surface area contributed by atoms with Crippen molar-refractivity contribution in [2.24, 2.45) is 0 Å². The molecule has 4 rings (SSSR count). The van der Waals surface area contributed by atoms with E-state index in [4.69, 9.17) is 21.7 Å². The first kappa shape index (κ1) is 29.5. The third-order valence-corrected chi connectivity index (χ3v) is 6.74. The molecular weight excluding hydrogens is 559 g/mol. The number of ether oxygens (including phenoxy) is 2. The molecule has 1 saturated heterocycles. The summed E-state index contributed by atoms with van der Waals surface area (Å²) in [5, 5.41) is 2.66. The standard InChI is InChI=1S/C29H26F3N3O5S/c1-3-40-27(38)19-9-11-21(12-10-19)33-25(36)16-24-26(37)35(22-6-4-5-20(15-22)29(30,31)32)28(41)34(24)17-18-7-13-23(39-2)14-8-18/h4-15,24H,3,16-17H2,1-2H3,(H,33,36). The summed E-state index contributed by atoms with van der Waals surface area (Å²) in [6.07, 6.45) is -4.95. The van der Waals surface area contributed by atoms with E-state index in [0.717, 1.165) is 22.6 Å². The number of hydrogen-bond acceptors (Lipinski definition) is 6. The van der Waals surface area contributed by atoms with E-state index in [-0.39, 0.29) is 30.4 Å². The number of benzene rings is 3. The fourth-order valence-corrected chi connectivity index (χ4v) is 4.68. The van der Waals surface area contributed by atoms with Gasteiger partial charge in [-0.05, 0) is 79.3 Å². The molecule has 214 valence electrons. The van der Waals surface area contributed by atoms with Crippen molar-refractivity contribution in [1.29, 1.82) is 0 Å². The quantitative estimate of drug-likeness (QED) is 0.265. The van der Waals surface area contributed by atoms with E-state index in [2.05, 4.69) is 5.32 Å². The number of esters is 1. The summed E-state index contributed by atoms with van der Waals surface area (Å²) in [4.78, 5) is 41.1. The van der Waals surface area contributed by atoms with Crippen LogP contribution in [0.1, 0.15) is 34.8 Å². The number of amides is 2. The van der Waals surface area contributed by atoms with Gasteiger partial charge in [0.25, 0.3) is 5.91 Å². The monoisotopic (exact) mass is 585 g/mol. The highest BCUT2D eigenvalue weighted by Crippen LogP contribution is 2.34. The maximum Gasteiger partial charge on any atom is 0.416 e. The zero-order chi connectivity index (χ0) is 29.7. The number of carbonyl (C=O) groups excluding carboxylic acids is 3. The van der Waals surface area contributed by atoms with Crippen molar-refractivity contribution in [3.05, 3.63) is 89.5 Å². The van der Waals surface area contributed by atoms with E-state index < -0.39 is 35.6 Å². The SMILES string of the molecule is CCOC(=O)c1ccc(NC(=O)CC2C(=O)N(c3cccc(C(F)(F)F)c3)C(=S)N2Cc2ccc(OC)cc2)cc1.